The van der Waals surface area contributed by atoms with E-state index in [0.717, 1.165) is 11.3 Å². The standard InChI is InChI=1S/C28H26ClN7O3/c1-6-21-31-13-20(26(32-21)39-5)36-24(15(2)3)22-23(33-36)28(38)35(18-11-19(29)27(37)34(4)14-18)25(22)17-9-7-16(12-30)8-10-17/h7-11,13-15,25H,6H2,1-5H3. The molecule has 0 spiro atoms. The number of halogens is 1. The summed E-state index contributed by atoms with van der Waals surface area (Å²) in [5, 5.41) is 14.1. The lowest BCUT2D eigenvalue weighted by molar-refractivity contribution is 0.0988. The van der Waals surface area contributed by atoms with Gasteiger partial charge in [0.15, 0.2) is 5.69 Å². The third kappa shape index (κ3) is 4.25. The SMILES string of the molecule is CCc1ncc(-n2nc3c(c2C(C)C)C(c2ccc(C#N)cc2)N(c2cc(Cl)c(=O)n(C)c2)C3=O)c(OC)n1. The first-order chi connectivity index (χ1) is 18.7. The van der Waals surface area contributed by atoms with Crippen molar-refractivity contribution < 1.29 is 9.53 Å². The van der Waals surface area contributed by atoms with Crippen LogP contribution in [0.3, 0.4) is 0 Å². The van der Waals surface area contributed by atoms with E-state index in [9.17, 15) is 14.9 Å². The van der Waals surface area contributed by atoms with Crippen molar-refractivity contribution in [2.24, 2.45) is 7.05 Å². The molecular formula is C28H26ClN7O3. The number of aryl methyl sites for hydroxylation is 2. The summed E-state index contributed by atoms with van der Waals surface area (Å²) in [6.07, 6.45) is 3.88. The monoisotopic (exact) mass is 543 g/mol. The van der Waals surface area contributed by atoms with Crippen molar-refractivity contribution in [1.82, 2.24) is 24.3 Å². The molecule has 5 rings (SSSR count). The summed E-state index contributed by atoms with van der Waals surface area (Å²) in [4.78, 5) is 37.0. The second kappa shape index (κ2) is 10.0. The summed E-state index contributed by atoms with van der Waals surface area (Å²) in [6.45, 7) is 6.00. The van der Waals surface area contributed by atoms with Gasteiger partial charge in [-0.15, -0.1) is 0 Å². The summed E-state index contributed by atoms with van der Waals surface area (Å²) in [5.41, 5.74) is 3.65. The number of benzene rings is 1. The number of hydrogen-bond donors (Lipinski definition) is 0. The van der Waals surface area contributed by atoms with Crippen LogP contribution in [0.4, 0.5) is 5.69 Å². The van der Waals surface area contributed by atoms with Crippen LogP contribution in [0.25, 0.3) is 5.69 Å². The largest absolute Gasteiger partial charge is 0.479 e. The van der Waals surface area contributed by atoms with Crippen LogP contribution in [0, 0.1) is 11.3 Å². The number of aromatic nitrogens is 5. The molecule has 3 aromatic heterocycles. The molecule has 0 bridgehead atoms. The molecule has 1 aliphatic rings. The second-order valence-corrected chi connectivity index (χ2v) is 9.93. The van der Waals surface area contributed by atoms with Gasteiger partial charge in [-0.2, -0.15) is 15.3 Å². The number of methoxy groups -OCH3 is 1. The van der Waals surface area contributed by atoms with Gasteiger partial charge >= 0.3 is 0 Å². The number of fused-ring (bicyclic) bond motifs is 1. The van der Waals surface area contributed by atoms with Crippen molar-refractivity contribution >= 4 is 23.2 Å². The molecule has 11 heteroatoms. The Bertz CT molecular complexity index is 1670. The number of rotatable bonds is 6. The van der Waals surface area contributed by atoms with E-state index in [-0.39, 0.29) is 28.1 Å². The molecule has 0 radical (unpaired) electrons. The van der Waals surface area contributed by atoms with Gasteiger partial charge in [0, 0.05) is 25.2 Å². The fourth-order valence-electron chi connectivity index (χ4n) is 4.94. The van der Waals surface area contributed by atoms with Gasteiger partial charge in [0.25, 0.3) is 11.5 Å². The zero-order chi connectivity index (χ0) is 28.0. The van der Waals surface area contributed by atoms with Crippen LogP contribution in [0.5, 0.6) is 5.88 Å². The molecule has 4 aromatic rings. The molecule has 0 saturated carbocycles. The van der Waals surface area contributed by atoms with Crippen molar-refractivity contribution in [2.75, 3.05) is 12.0 Å². The Balaban J connectivity index is 1.79. The maximum absolute atomic E-state index is 14.1. The first-order valence-electron chi connectivity index (χ1n) is 12.4. The molecule has 198 valence electrons. The highest BCUT2D eigenvalue weighted by Crippen LogP contribution is 2.46. The highest BCUT2D eigenvalue weighted by atomic mass is 35.5. The maximum atomic E-state index is 14.1. The molecule has 0 fully saturated rings. The topological polar surface area (TPSA) is 119 Å². The van der Waals surface area contributed by atoms with E-state index in [0.29, 0.717) is 40.6 Å². The molecular weight excluding hydrogens is 518 g/mol. The molecule has 1 atom stereocenters. The molecule has 10 nitrogen and oxygen atoms in total. The fourth-order valence-corrected chi connectivity index (χ4v) is 5.18. The van der Waals surface area contributed by atoms with Gasteiger partial charge in [-0.25, -0.2) is 9.67 Å². The zero-order valence-electron chi connectivity index (χ0n) is 22.1. The van der Waals surface area contributed by atoms with E-state index in [2.05, 4.69) is 16.0 Å². The Morgan fingerprint density at radius 1 is 1.21 bits per heavy atom. The summed E-state index contributed by atoms with van der Waals surface area (Å²) < 4.78 is 8.62. The average molecular weight is 544 g/mol. The third-order valence-corrected chi connectivity index (χ3v) is 7.01. The first kappa shape index (κ1) is 26.1. The van der Waals surface area contributed by atoms with E-state index < -0.39 is 6.04 Å². The second-order valence-electron chi connectivity index (χ2n) is 9.52. The lowest BCUT2D eigenvalue weighted by atomic mass is 9.94. The van der Waals surface area contributed by atoms with Gasteiger partial charge in [-0.05, 0) is 29.7 Å². The normalized spacial score (nSPS) is 14.6. The van der Waals surface area contributed by atoms with Crippen LogP contribution in [0.15, 0.2) is 47.5 Å². The van der Waals surface area contributed by atoms with Gasteiger partial charge in [-0.3, -0.25) is 14.5 Å². The summed E-state index contributed by atoms with van der Waals surface area (Å²) in [7, 11) is 3.12. The minimum atomic E-state index is -0.596. The van der Waals surface area contributed by atoms with Gasteiger partial charge in [0.05, 0.1) is 42.4 Å². The Morgan fingerprint density at radius 3 is 2.51 bits per heavy atom. The van der Waals surface area contributed by atoms with Crippen LogP contribution in [-0.2, 0) is 13.5 Å². The average Bonchev–Trinajstić information content (AvgIpc) is 3.46. The van der Waals surface area contributed by atoms with Crippen molar-refractivity contribution in [3.8, 4) is 17.6 Å². The predicted octanol–water partition coefficient (Wildman–Crippen LogP) is 4.33. The van der Waals surface area contributed by atoms with Gasteiger partial charge in [0.2, 0.25) is 5.88 Å². The van der Waals surface area contributed by atoms with Crippen LogP contribution in [-0.4, -0.2) is 37.3 Å². The molecule has 4 heterocycles. The maximum Gasteiger partial charge on any atom is 0.280 e. The molecule has 0 saturated heterocycles. The number of carbonyl (C=O) groups excluding carboxylic acids is 1. The van der Waals surface area contributed by atoms with Crippen LogP contribution < -0.4 is 15.2 Å². The number of carbonyl (C=O) groups is 1. The summed E-state index contributed by atoms with van der Waals surface area (Å²) >= 11 is 6.25. The number of anilines is 1. The van der Waals surface area contributed by atoms with E-state index in [4.69, 9.17) is 21.4 Å². The minimum Gasteiger partial charge on any atom is -0.479 e. The van der Waals surface area contributed by atoms with Crippen LogP contribution in [0.1, 0.15) is 71.4 Å². The number of pyridine rings is 1. The molecule has 39 heavy (non-hydrogen) atoms. The van der Waals surface area contributed by atoms with Gasteiger partial charge in [-0.1, -0.05) is 44.5 Å². The number of nitrogens with zero attached hydrogens (tertiary/aromatic N) is 7. The molecule has 1 aromatic carbocycles. The zero-order valence-corrected chi connectivity index (χ0v) is 22.9. The lowest BCUT2D eigenvalue weighted by Crippen LogP contribution is -2.31. The van der Waals surface area contributed by atoms with E-state index >= 15 is 0 Å². The van der Waals surface area contributed by atoms with Gasteiger partial charge < -0.3 is 9.30 Å². The smallest absolute Gasteiger partial charge is 0.280 e. The summed E-state index contributed by atoms with van der Waals surface area (Å²) in [5.74, 6) is 0.577. The number of hydrogen-bond acceptors (Lipinski definition) is 7. The Labute approximate surface area is 230 Å². The van der Waals surface area contributed by atoms with E-state index in [1.165, 1.54) is 17.7 Å². The third-order valence-electron chi connectivity index (χ3n) is 6.74. The molecule has 0 N–H and O–H groups in total. The lowest BCUT2D eigenvalue weighted by Gasteiger charge is -2.28. The number of ether oxygens (including phenoxy) is 1. The minimum absolute atomic E-state index is 0.00188. The van der Waals surface area contributed by atoms with Crippen molar-refractivity contribution in [3.05, 3.63) is 92.0 Å². The van der Waals surface area contributed by atoms with Crippen LogP contribution >= 0.6 is 11.6 Å². The van der Waals surface area contributed by atoms with Crippen LogP contribution in [0.2, 0.25) is 5.02 Å². The van der Waals surface area contributed by atoms with E-state index in [1.807, 2.05) is 32.9 Å². The molecule has 1 aliphatic heterocycles. The van der Waals surface area contributed by atoms with Crippen molar-refractivity contribution in [1.29, 1.82) is 5.26 Å². The number of amides is 1. The van der Waals surface area contributed by atoms with Gasteiger partial charge in [0.1, 0.15) is 16.5 Å². The first-order valence-corrected chi connectivity index (χ1v) is 12.8. The Morgan fingerprint density at radius 2 is 1.92 bits per heavy atom. The molecule has 1 unspecified atom stereocenters. The number of nitriles is 1. The highest BCUT2D eigenvalue weighted by Gasteiger charge is 2.45. The Hall–Kier alpha value is -4.49. The highest BCUT2D eigenvalue weighted by molar-refractivity contribution is 6.30. The predicted molar refractivity (Wildman–Crippen MR) is 146 cm³/mol. The summed E-state index contributed by atoms with van der Waals surface area (Å²) in [6, 6.07) is 10.1. The van der Waals surface area contributed by atoms with Crippen molar-refractivity contribution in [2.45, 2.75) is 39.2 Å². The quantitative estimate of drug-likeness (QED) is 0.355. The fraction of sp³-hybridized carbons (Fsp3) is 0.286. The van der Waals surface area contributed by atoms with Crippen molar-refractivity contribution in [3.63, 3.8) is 0 Å². The Kier molecular flexibility index (Phi) is 6.70. The van der Waals surface area contributed by atoms with E-state index in [1.54, 1.807) is 41.2 Å². The molecule has 1 amide bonds. The molecule has 0 aliphatic carbocycles.